The number of nitrogens with one attached hydrogen (secondary N) is 2. The average molecular weight is 306 g/mol. The zero-order chi connectivity index (χ0) is 15.1. The zero-order valence-corrected chi connectivity index (χ0v) is 12.7. The second kappa shape index (κ2) is 7.90. The third kappa shape index (κ3) is 4.95. The van der Waals surface area contributed by atoms with Crippen LogP contribution in [-0.4, -0.2) is 18.5 Å². The van der Waals surface area contributed by atoms with Gasteiger partial charge in [-0.15, -0.1) is 0 Å². The number of halogens is 1. The van der Waals surface area contributed by atoms with Gasteiger partial charge in [0.05, 0.1) is 28.9 Å². The van der Waals surface area contributed by atoms with Crippen molar-refractivity contribution in [3.63, 3.8) is 0 Å². The topological polar surface area (TPSA) is 64.9 Å². The van der Waals surface area contributed by atoms with E-state index in [-0.39, 0.29) is 12.5 Å². The Labute approximate surface area is 130 Å². The first-order valence-electron chi connectivity index (χ1n) is 7.42. The minimum Gasteiger partial charge on any atom is -0.375 e. The van der Waals surface area contributed by atoms with Crippen molar-refractivity contribution in [1.82, 2.24) is 5.32 Å². The molecule has 112 valence electrons. The summed E-state index contributed by atoms with van der Waals surface area (Å²) in [5.74, 6) is -0.0117. The van der Waals surface area contributed by atoms with Crippen molar-refractivity contribution in [2.24, 2.45) is 0 Å². The quantitative estimate of drug-likeness (QED) is 0.837. The molecule has 0 unspecified atom stereocenters. The minimum absolute atomic E-state index is 0.0117. The third-order valence-corrected chi connectivity index (χ3v) is 4.07. The number of anilines is 1. The van der Waals surface area contributed by atoms with E-state index >= 15 is 0 Å². The summed E-state index contributed by atoms with van der Waals surface area (Å²) in [6.45, 7) is 0.197. The smallest absolute Gasteiger partial charge is 0.239 e. The van der Waals surface area contributed by atoms with Crippen molar-refractivity contribution in [2.45, 2.75) is 44.6 Å². The molecule has 5 heteroatoms. The van der Waals surface area contributed by atoms with Crippen LogP contribution in [0.4, 0.5) is 5.69 Å². The fourth-order valence-corrected chi connectivity index (χ4v) is 2.85. The lowest BCUT2D eigenvalue weighted by Crippen LogP contribution is -2.38. The summed E-state index contributed by atoms with van der Waals surface area (Å²) >= 11 is 6.06. The van der Waals surface area contributed by atoms with Gasteiger partial charge in [0.15, 0.2) is 0 Å². The number of nitrogens with zero attached hydrogens (tertiary/aromatic N) is 1. The molecular weight excluding hydrogens is 286 g/mol. The van der Waals surface area contributed by atoms with Gasteiger partial charge in [0.25, 0.3) is 0 Å². The van der Waals surface area contributed by atoms with Gasteiger partial charge in [-0.05, 0) is 31.0 Å². The molecule has 1 aliphatic carbocycles. The van der Waals surface area contributed by atoms with Crippen LogP contribution in [0.3, 0.4) is 0 Å². The Morgan fingerprint density at radius 1 is 1.29 bits per heavy atom. The number of nitriles is 1. The van der Waals surface area contributed by atoms with Crippen molar-refractivity contribution in [3.05, 3.63) is 28.8 Å². The van der Waals surface area contributed by atoms with Crippen molar-refractivity contribution >= 4 is 23.2 Å². The Balaban J connectivity index is 1.82. The largest absolute Gasteiger partial charge is 0.375 e. The maximum atomic E-state index is 12.0. The van der Waals surface area contributed by atoms with Gasteiger partial charge in [-0.1, -0.05) is 37.3 Å². The Hall–Kier alpha value is -1.73. The first-order valence-corrected chi connectivity index (χ1v) is 7.79. The summed E-state index contributed by atoms with van der Waals surface area (Å²) in [5, 5.41) is 15.3. The van der Waals surface area contributed by atoms with E-state index in [4.69, 9.17) is 16.9 Å². The van der Waals surface area contributed by atoms with E-state index in [9.17, 15) is 4.79 Å². The Morgan fingerprint density at radius 3 is 2.62 bits per heavy atom. The number of hydrogen-bond acceptors (Lipinski definition) is 3. The molecular formula is C16H20ClN3O. The predicted molar refractivity (Wildman–Crippen MR) is 84.3 cm³/mol. The van der Waals surface area contributed by atoms with Gasteiger partial charge in [-0.3, -0.25) is 4.79 Å². The van der Waals surface area contributed by atoms with Crippen molar-refractivity contribution in [3.8, 4) is 6.07 Å². The summed E-state index contributed by atoms with van der Waals surface area (Å²) in [7, 11) is 0. The van der Waals surface area contributed by atoms with Crippen molar-refractivity contribution in [2.75, 3.05) is 11.9 Å². The summed E-state index contributed by atoms with van der Waals surface area (Å²) in [5.41, 5.74) is 1.18. The molecule has 2 N–H and O–H groups in total. The Bertz CT molecular complexity index is 531. The van der Waals surface area contributed by atoms with Crippen molar-refractivity contribution < 1.29 is 4.79 Å². The van der Waals surface area contributed by atoms with Gasteiger partial charge in [0.2, 0.25) is 5.91 Å². The number of carbonyl (C=O) groups is 1. The third-order valence-electron chi connectivity index (χ3n) is 3.76. The summed E-state index contributed by atoms with van der Waals surface area (Å²) < 4.78 is 0. The highest BCUT2D eigenvalue weighted by Gasteiger charge is 2.14. The second-order valence-electron chi connectivity index (χ2n) is 5.42. The van der Waals surface area contributed by atoms with Crippen LogP contribution in [0.1, 0.15) is 44.1 Å². The molecule has 2 rings (SSSR count). The maximum absolute atomic E-state index is 12.0. The Kier molecular flexibility index (Phi) is 5.89. The lowest BCUT2D eigenvalue weighted by molar-refractivity contribution is -0.120. The first-order chi connectivity index (χ1) is 10.2. The molecule has 1 fully saturated rings. The zero-order valence-electron chi connectivity index (χ0n) is 12.0. The van der Waals surface area contributed by atoms with Gasteiger partial charge in [0.1, 0.15) is 0 Å². The molecule has 0 radical (unpaired) electrons. The van der Waals surface area contributed by atoms with E-state index < -0.39 is 0 Å². The highest BCUT2D eigenvalue weighted by molar-refractivity contribution is 6.33. The predicted octanol–water partition coefficient (Wildman–Crippen LogP) is 3.46. The van der Waals surface area contributed by atoms with E-state index in [1.165, 1.54) is 25.7 Å². The highest BCUT2D eigenvalue weighted by Crippen LogP contribution is 2.22. The molecule has 0 spiro atoms. The summed E-state index contributed by atoms with van der Waals surface area (Å²) in [6.07, 6.45) is 7.07. The van der Waals surface area contributed by atoms with Gasteiger partial charge in [0, 0.05) is 6.04 Å². The van der Waals surface area contributed by atoms with E-state index in [0.29, 0.717) is 22.3 Å². The van der Waals surface area contributed by atoms with Crippen molar-refractivity contribution in [1.29, 1.82) is 5.26 Å². The highest BCUT2D eigenvalue weighted by atomic mass is 35.5. The normalized spacial score (nSPS) is 15.8. The fourth-order valence-electron chi connectivity index (χ4n) is 2.61. The van der Waals surface area contributed by atoms with E-state index in [2.05, 4.69) is 10.6 Å². The minimum atomic E-state index is -0.0117. The monoisotopic (exact) mass is 305 g/mol. The molecule has 1 aliphatic rings. The maximum Gasteiger partial charge on any atom is 0.239 e. The number of amides is 1. The van der Waals surface area contributed by atoms with E-state index in [1.807, 2.05) is 6.07 Å². The molecule has 4 nitrogen and oxygen atoms in total. The Morgan fingerprint density at radius 2 is 2.00 bits per heavy atom. The number of benzene rings is 1. The van der Waals surface area contributed by atoms with Crippen LogP contribution >= 0.6 is 11.6 Å². The van der Waals surface area contributed by atoms with Gasteiger partial charge in [-0.25, -0.2) is 0 Å². The summed E-state index contributed by atoms with van der Waals surface area (Å²) in [6, 6.07) is 7.32. The van der Waals surface area contributed by atoms with E-state index in [0.717, 1.165) is 12.8 Å². The fraction of sp³-hybridized carbons (Fsp3) is 0.500. The molecule has 0 bridgehead atoms. The standard InChI is InChI=1S/C16H20ClN3O/c17-14-9-12(10-18)7-8-15(14)19-11-16(21)20-13-5-3-1-2-4-6-13/h7-9,13,19H,1-6,11H2,(H,20,21). The van der Waals surface area contributed by atoms with Gasteiger partial charge in [-0.2, -0.15) is 5.26 Å². The molecule has 0 heterocycles. The number of hydrogen-bond donors (Lipinski definition) is 2. The van der Waals surface area contributed by atoms with Gasteiger partial charge < -0.3 is 10.6 Å². The van der Waals surface area contributed by atoms with Crippen LogP contribution in [0.5, 0.6) is 0 Å². The van der Waals surface area contributed by atoms with Crippen LogP contribution in [0, 0.1) is 11.3 Å². The molecule has 0 aromatic heterocycles. The molecule has 0 aliphatic heterocycles. The average Bonchev–Trinajstić information content (AvgIpc) is 2.74. The van der Waals surface area contributed by atoms with Gasteiger partial charge >= 0.3 is 0 Å². The lowest BCUT2D eigenvalue weighted by Gasteiger charge is -2.17. The van der Waals surface area contributed by atoms with Crippen LogP contribution in [-0.2, 0) is 4.79 Å². The van der Waals surface area contributed by atoms with E-state index in [1.54, 1.807) is 18.2 Å². The lowest BCUT2D eigenvalue weighted by atomic mass is 10.1. The van der Waals surface area contributed by atoms with Crippen LogP contribution < -0.4 is 10.6 Å². The van der Waals surface area contributed by atoms with Crippen LogP contribution in [0.25, 0.3) is 0 Å². The first kappa shape index (κ1) is 15.7. The molecule has 1 saturated carbocycles. The molecule has 1 aromatic rings. The molecule has 0 atom stereocenters. The molecule has 0 saturated heterocycles. The number of carbonyl (C=O) groups excluding carboxylic acids is 1. The molecule has 1 aromatic carbocycles. The molecule has 21 heavy (non-hydrogen) atoms. The van der Waals surface area contributed by atoms with Crippen LogP contribution in [0.2, 0.25) is 5.02 Å². The number of rotatable bonds is 4. The SMILES string of the molecule is N#Cc1ccc(NCC(=O)NC2CCCCCC2)c(Cl)c1. The summed E-state index contributed by atoms with van der Waals surface area (Å²) in [4.78, 5) is 12.0. The second-order valence-corrected chi connectivity index (χ2v) is 5.82. The molecule has 1 amide bonds. The van der Waals surface area contributed by atoms with Crippen LogP contribution in [0.15, 0.2) is 18.2 Å².